The van der Waals surface area contributed by atoms with Crippen LogP contribution in [-0.4, -0.2) is 32.7 Å². The summed E-state index contributed by atoms with van der Waals surface area (Å²) >= 11 is 0. The van der Waals surface area contributed by atoms with Crippen LogP contribution >= 0.6 is 0 Å². The summed E-state index contributed by atoms with van der Waals surface area (Å²) in [5, 5.41) is 3.84. The molecule has 0 saturated carbocycles. The SMILES string of the molecule is CCOC(=O)Cc1nc(Cc2nc3ccccc3[nH]2)no1. The van der Waals surface area contributed by atoms with Gasteiger partial charge in [0.15, 0.2) is 5.82 Å². The third-order valence-electron chi connectivity index (χ3n) is 2.88. The van der Waals surface area contributed by atoms with Gasteiger partial charge in [-0.05, 0) is 19.1 Å². The molecule has 1 N–H and O–H groups in total. The summed E-state index contributed by atoms with van der Waals surface area (Å²) in [5.74, 6) is 1.10. The number of fused-ring (bicyclic) bond motifs is 1. The summed E-state index contributed by atoms with van der Waals surface area (Å²) in [6, 6.07) is 7.75. The number of hydrogen-bond donors (Lipinski definition) is 1. The third kappa shape index (κ3) is 3.07. The number of nitrogens with one attached hydrogen (secondary N) is 1. The fourth-order valence-electron chi connectivity index (χ4n) is 2.01. The van der Waals surface area contributed by atoms with Crippen molar-refractivity contribution in [3.05, 3.63) is 41.8 Å². The number of imidazole rings is 1. The standard InChI is InChI=1S/C14H14N4O3/c1-2-20-14(19)8-13-17-12(18-21-13)7-11-15-9-5-3-4-6-10(9)16-11/h3-6H,2,7-8H2,1H3,(H,15,16). The number of nitrogens with zero attached hydrogens (tertiary/aromatic N) is 3. The number of carbonyl (C=O) groups excluding carboxylic acids is 1. The van der Waals surface area contributed by atoms with Crippen molar-refractivity contribution in [1.82, 2.24) is 20.1 Å². The second kappa shape index (κ2) is 5.74. The van der Waals surface area contributed by atoms with Crippen LogP contribution in [0.15, 0.2) is 28.8 Å². The van der Waals surface area contributed by atoms with Gasteiger partial charge in [0.25, 0.3) is 0 Å². The van der Waals surface area contributed by atoms with Crippen molar-refractivity contribution in [2.45, 2.75) is 19.8 Å². The molecule has 3 aromatic rings. The van der Waals surface area contributed by atoms with Crippen LogP contribution in [0, 0.1) is 0 Å². The van der Waals surface area contributed by atoms with Crippen LogP contribution in [-0.2, 0) is 22.4 Å². The predicted octanol–water partition coefficient (Wildman–Crippen LogP) is 1.64. The molecule has 7 nitrogen and oxygen atoms in total. The number of ether oxygens (including phenoxy) is 1. The lowest BCUT2D eigenvalue weighted by molar-refractivity contribution is -0.142. The maximum absolute atomic E-state index is 11.3. The van der Waals surface area contributed by atoms with Crippen LogP contribution < -0.4 is 0 Å². The first-order chi connectivity index (χ1) is 10.2. The molecule has 0 aliphatic heterocycles. The Kier molecular flexibility index (Phi) is 3.63. The Balaban J connectivity index is 1.70. The number of benzene rings is 1. The maximum Gasteiger partial charge on any atom is 0.315 e. The summed E-state index contributed by atoms with van der Waals surface area (Å²) in [6.07, 6.45) is 0.405. The van der Waals surface area contributed by atoms with Crippen LogP contribution in [0.3, 0.4) is 0 Å². The molecule has 108 valence electrons. The van der Waals surface area contributed by atoms with Gasteiger partial charge in [0.05, 0.1) is 24.1 Å². The van der Waals surface area contributed by atoms with Crippen LogP contribution in [0.5, 0.6) is 0 Å². The van der Waals surface area contributed by atoms with Gasteiger partial charge >= 0.3 is 5.97 Å². The van der Waals surface area contributed by atoms with E-state index in [2.05, 4.69) is 20.1 Å². The summed E-state index contributed by atoms with van der Waals surface area (Å²) in [7, 11) is 0. The van der Waals surface area contributed by atoms with Gasteiger partial charge in [-0.1, -0.05) is 17.3 Å². The Hall–Kier alpha value is -2.70. The van der Waals surface area contributed by atoms with E-state index >= 15 is 0 Å². The molecule has 0 saturated heterocycles. The van der Waals surface area contributed by atoms with E-state index in [0.29, 0.717) is 18.9 Å². The second-order valence-corrected chi connectivity index (χ2v) is 4.46. The van der Waals surface area contributed by atoms with E-state index in [1.165, 1.54) is 0 Å². The van der Waals surface area contributed by atoms with Crippen LogP contribution in [0.4, 0.5) is 0 Å². The van der Waals surface area contributed by atoms with E-state index in [0.717, 1.165) is 16.9 Å². The molecule has 2 heterocycles. The lowest BCUT2D eigenvalue weighted by Gasteiger charge is -1.96. The summed E-state index contributed by atoms with van der Waals surface area (Å²) in [5.41, 5.74) is 1.85. The average molecular weight is 286 g/mol. The number of aromatic amines is 1. The molecule has 3 rings (SSSR count). The van der Waals surface area contributed by atoms with E-state index in [-0.39, 0.29) is 18.3 Å². The zero-order chi connectivity index (χ0) is 14.7. The van der Waals surface area contributed by atoms with Gasteiger partial charge < -0.3 is 14.2 Å². The highest BCUT2D eigenvalue weighted by Crippen LogP contribution is 2.12. The minimum Gasteiger partial charge on any atom is -0.466 e. The van der Waals surface area contributed by atoms with Gasteiger partial charge in [0.2, 0.25) is 5.89 Å². The fraction of sp³-hybridized carbons (Fsp3) is 0.286. The second-order valence-electron chi connectivity index (χ2n) is 4.46. The summed E-state index contributed by atoms with van der Waals surface area (Å²) < 4.78 is 9.85. The number of H-pyrrole nitrogens is 1. The molecular weight excluding hydrogens is 272 g/mol. The molecule has 0 radical (unpaired) electrons. The highest BCUT2D eigenvalue weighted by molar-refractivity contribution is 5.74. The van der Waals surface area contributed by atoms with Crippen molar-refractivity contribution < 1.29 is 14.1 Å². The fourth-order valence-corrected chi connectivity index (χ4v) is 2.01. The quantitative estimate of drug-likeness (QED) is 0.717. The Bertz CT molecular complexity index is 729. The van der Waals surface area contributed by atoms with Crippen molar-refractivity contribution in [2.24, 2.45) is 0 Å². The molecule has 0 unspecified atom stereocenters. The molecule has 7 heteroatoms. The third-order valence-corrected chi connectivity index (χ3v) is 2.88. The lowest BCUT2D eigenvalue weighted by atomic mass is 10.3. The van der Waals surface area contributed by atoms with Crippen LogP contribution in [0.1, 0.15) is 24.5 Å². The number of carbonyl (C=O) groups is 1. The van der Waals surface area contributed by atoms with Crippen molar-refractivity contribution in [3.63, 3.8) is 0 Å². The smallest absolute Gasteiger partial charge is 0.315 e. The Morgan fingerprint density at radius 1 is 1.33 bits per heavy atom. The maximum atomic E-state index is 11.3. The number of rotatable bonds is 5. The van der Waals surface area contributed by atoms with E-state index in [1.54, 1.807) is 6.92 Å². The highest BCUT2D eigenvalue weighted by atomic mass is 16.5. The first-order valence-electron chi connectivity index (χ1n) is 6.65. The minimum absolute atomic E-state index is 0.0129. The Morgan fingerprint density at radius 3 is 3.00 bits per heavy atom. The average Bonchev–Trinajstić information content (AvgIpc) is 3.05. The molecular formula is C14H14N4O3. The minimum atomic E-state index is -0.378. The van der Waals surface area contributed by atoms with E-state index < -0.39 is 0 Å². The molecule has 21 heavy (non-hydrogen) atoms. The van der Waals surface area contributed by atoms with Crippen molar-refractivity contribution in [2.75, 3.05) is 6.61 Å². The Labute approximate surface area is 120 Å². The van der Waals surface area contributed by atoms with Gasteiger partial charge in [-0.3, -0.25) is 4.79 Å². The van der Waals surface area contributed by atoms with Crippen molar-refractivity contribution in [1.29, 1.82) is 0 Å². The van der Waals surface area contributed by atoms with E-state index in [9.17, 15) is 4.79 Å². The van der Waals surface area contributed by atoms with Crippen molar-refractivity contribution >= 4 is 17.0 Å². The largest absolute Gasteiger partial charge is 0.466 e. The van der Waals surface area contributed by atoms with Crippen LogP contribution in [0.25, 0.3) is 11.0 Å². The van der Waals surface area contributed by atoms with Gasteiger partial charge in [-0.2, -0.15) is 4.98 Å². The van der Waals surface area contributed by atoms with Gasteiger partial charge in [-0.25, -0.2) is 4.98 Å². The molecule has 2 aromatic heterocycles. The summed E-state index contributed by atoms with van der Waals surface area (Å²) in [6.45, 7) is 2.08. The molecule has 0 aliphatic rings. The molecule has 0 fully saturated rings. The first kappa shape index (κ1) is 13.3. The topological polar surface area (TPSA) is 93.9 Å². The molecule has 0 aliphatic carbocycles. The normalized spacial score (nSPS) is 10.9. The lowest BCUT2D eigenvalue weighted by Crippen LogP contribution is -2.07. The zero-order valence-electron chi connectivity index (χ0n) is 11.5. The predicted molar refractivity (Wildman–Crippen MR) is 73.5 cm³/mol. The van der Waals surface area contributed by atoms with Gasteiger partial charge in [0.1, 0.15) is 12.2 Å². The molecule has 0 atom stereocenters. The zero-order valence-corrected chi connectivity index (χ0v) is 11.5. The monoisotopic (exact) mass is 286 g/mol. The van der Waals surface area contributed by atoms with Gasteiger partial charge in [-0.15, -0.1) is 0 Å². The molecule has 1 aromatic carbocycles. The number of hydrogen-bond acceptors (Lipinski definition) is 6. The molecule has 0 bridgehead atoms. The van der Waals surface area contributed by atoms with E-state index in [1.807, 2.05) is 24.3 Å². The highest BCUT2D eigenvalue weighted by Gasteiger charge is 2.13. The number of aromatic nitrogens is 4. The van der Waals surface area contributed by atoms with Crippen molar-refractivity contribution in [3.8, 4) is 0 Å². The van der Waals surface area contributed by atoms with Crippen LogP contribution in [0.2, 0.25) is 0 Å². The number of esters is 1. The molecule has 0 amide bonds. The van der Waals surface area contributed by atoms with E-state index in [4.69, 9.17) is 9.26 Å². The number of para-hydroxylation sites is 2. The molecule has 0 spiro atoms. The van der Waals surface area contributed by atoms with Gasteiger partial charge in [0, 0.05) is 0 Å². The summed E-state index contributed by atoms with van der Waals surface area (Å²) in [4.78, 5) is 23.1. The first-order valence-corrected chi connectivity index (χ1v) is 6.65. The Morgan fingerprint density at radius 2 is 2.19 bits per heavy atom.